The Morgan fingerprint density at radius 1 is 1.26 bits per heavy atom. The molecule has 1 aromatic carbocycles. The van der Waals surface area contributed by atoms with Gasteiger partial charge in [0.1, 0.15) is 12.1 Å². The van der Waals surface area contributed by atoms with Crippen LogP contribution in [0.2, 0.25) is 0 Å². The van der Waals surface area contributed by atoms with Crippen LogP contribution in [-0.2, 0) is 16.0 Å². The van der Waals surface area contributed by atoms with Crippen molar-refractivity contribution in [1.82, 2.24) is 5.32 Å². The summed E-state index contributed by atoms with van der Waals surface area (Å²) in [5, 5.41) is 11.2. The molecule has 6 nitrogen and oxygen atoms in total. The third-order valence-corrected chi connectivity index (χ3v) is 2.48. The van der Waals surface area contributed by atoms with E-state index in [1.54, 1.807) is 0 Å². The van der Waals surface area contributed by atoms with Gasteiger partial charge < -0.3 is 21.9 Å². The van der Waals surface area contributed by atoms with Crippen molar-refractivity contribution in [2.45, 2.75) is 18.5 Å². The van der Waals surface area contributed by atoms with Gasteiger partial charge in [0.2, 0.25) is 11.8 Å². The second-order valence-electron chi connectivity index (χ2n) is 3.94. The van der Waals surface area contributed by atoms with Crippen molar-refractivity contribution in [3.63, 3.8) is 0 Å². The Labute approximate surface area is 117 Å². The minimum absolute atomic E-state index is 0. The van der Waals surface area contributed by atoms with Crippen LogP contribution in [-0.4, -0.2) is 35.6 Å². The van der Waals surface area contributed by atoms with Gasteiger partial charge in [-0.25, -0.2) is 0 Å². The normalized spacial score (nSPS) is 12.9. The van der Waals surface area contributed by atoms with E-state index >= 15 is 0 Å². The van der Waals surface area contributed by atoms with E-state index in [1.807, 2.05) is 30.3 Å². The average molecular weight is 288 g/mol. The molecule has 19 heavy (non-hydrogen) atoms. The Kier molecular flexibility index (Phi) is 7.74. The van der Waals surface area contributed by atoms with E-state index in [0.717, 1.165) is 5.56 Å². The molecular weight excluding hydrogens is 270 g/mol. The van der Waals surface area contributed by atoms with Crippen LogP contribution in [0, 0.1) is 0 Å². The maximum absolute atomic E-state index is 11.5. The Balaban J connectivity index is 0.00000324. The van der Waals surface area contributed by atoms with Crippen LogP contribution in [0.1, 0.15) is 5.56 Å². The van der Waals surface area contributed by atoms with E-state index < -0.39 is 30.5 Å². The fourth-order valence-electron chi connectivity index (χ4n) is 1.43. The van der Waals surface area contributed by atoms with Gasteiger partial charge in [0.25, 0.3) is 0 Å². The van der Waals surface area contributed by atoms with Crippen molar-refractivity contribution < 1.29 is 14.7 Å². The molecule has 0 spiro atoms. The number of benzene rings is 1. The third kappa shape index (κ3) is 5.69. The number of nitrogens with two attached hydrogens (primary N) is 2. The molecule has 0 aliphatic carbocycles. The van der Waals surface area contributed by atoms with Gasteiger partial charge in [-0.2, -0.15) is 0 Å². The van der Waals surface area contributed by atoms with Crippen LogP contribution in [0.5, 0.6) is 0 Å². The summed E-state index contributed by atoms with van der Waals surface area (Å²) in [5.41, 5.74) is 11.4. The molecule has 7 heteroatoms. The molecule has 106 valence electrons. The standard InChI is InChI=1S/C12H17N3O3.ClH/c13-9(7-16)12(18)15-10(11(14)17)6-8-4-2-1-3-5-8;/h1-5,9-10,16H,6-7,13H2,(H2,14,17)(H,15,18);1H. The topological polar surface area (TPSA) is 118 Å². The molecule has 0 aliphatic heterocycles. The predicted octanol–water partition coefficient (Wildman–Crippen LogP) is -1.06. The first-order valence-electron chi connectivity index (χ1n) is 5.54. The largest absolute Gasteiger partial charge is 0.394 e. The highest BCUT2D eigenvalue weighted by atomic mass is 35.5. The summed E-state index contributed by atoms with van der Waals surface area (Å²) >= 11 is 0. The Bertz CT molecular complexity index is 414. The highest BCUT2D eigenvalue weighted by Gasteiger charge is 2.21. The Morgan fingerprint density at radius 3 is 2.32 bits per heavy atom. The highest BCUT2D eigenvalue weighted by Crippen LogP contribution is 2.03. The van der Waals surface area contributed by atoms with E-state index in [9.17, 15) is 9.59 Å². The van der Waals surface area contributed by atoms with Gasteiger partial charge in [0.05, 0.1) is 6.61 Å². The summed E-state index contributed by atoms with van der Waals surface area (Å²) in [4.78, 5) is 22.7. The SMILES string of the molecule is Cl.NC(=O)C(Cc1ccccc1)NC(=O)C(N)CO. The number of nitrogens with one attached hydrogen (secondary N) is 1. The number of rotatable bonds is 6. The molecule has 1 rings (SSSR count). The second-order valence-corrected chi connectivity index (χ2v) is 3.94. The van der Waals surface area contributed by atoms with Gasteiger partial charge in [-0.05, 0) is 5.56 Å². The molecule has 0 heterocycles. The lowest BCUT2D eigenvalue weighted by Crippen LogP contribution is -2.52. The van der Waals surface area contributed by atoms with Crippen molar-refractivity contribution in [2.24, 2.45) is 11.5 Å². The predicted molar refractivity (Wildman–Crippen MR) is 73.6 cm³/mol. The summed E-state index contributed by atoms with van der Waals surface area (Å²) in [5.74, 6) is -1.24. The lowest BCUT2D eigenvalue weighted by Gasteiger charge is -2.17. The third-order valence-electron chi connectivity index (χ3n) is 2.48. The van der Waals surface area contributed by atoms with E-state index in [-0.39, 0.29) is 12.4 Å². The molecule has 6 N–H and O–H groups in total. The monoisotopic (exact) mass is 287 g/mol. The fourth-order valence-corrected chi connectivity index (χ4v) is 1.43. The zero-order valence-electron chi connectivity index (χ0n) is 10.3. The molecule has 0 fully saturated rings. The van der Waals surface area contributed by atoms with Crippen molar-refractivity contribution in [2.75, 3.05) is 6.61 Å². The molecule has 0 bridgehead atoms. The zero-order valence-corrected chi connectivity index (χ0v) is 11.1. The first-order valence-corrected chi connectivity index (χ1v) is 5.54. The number of aliphatic hydroxyl groups excluding tert-OH is 1. The maximum atomic E-state index is 11.5. The highest BCUT2D eigenvalue weighted by molar-refractivity contribution is 5.89. The van der Waals surface area contributed by atoms with Crippen molar-refractivity contribution in [3.05, 3.63) is 35.9 Å². The Hall–Kier alpha value is -1.63. The van der Waals surface area contributed by atoms with Crippen molar-refractivity contribution in [1.29, 1.82) is 0 Å². The van der Waals surface area contributed by atoms with Crippen LogP contribution in [0.3, 0.4) is 0 Å². The smallest absolute Gasteiger partial charge is 0.240 e. The van der Waals surface area contributed by atoms with Crippen LogP contribution in [0.4, 0.5) is 0 Å². The number of carbonyl (C=O) groups is 2. The number of aliphatic hydroxyl groups is 1. The molecule has 2 amide bonds. The molecule has 2 unspecified atom stereocenters. The number of amides is 2. The van der Waals surface area contributed by atoms with Crippen LogP contribution in [0.15, 0.2) is 30.3 Å². The number of halogens is 1. The lowest BCUT2D eigenvalue weighted by atomic mass is 10.1. The number of hydrogen-bond acceptors (Lipinski definition) is 4. The maximum Gasteiger partial charge on any atom is 0.240 e. The summed E-state index contributed by atoms with van der Waals surface area (Å²) in [7, 11) is 0. The molecular formula is C12H18ClN3O3. The summed E-state index contributed by atoms with van der Waals surface area (Å²) in [6.07, 6.45) is 0.292. The number of primary amides is 1. The fraction of sp³-hybridized carbons (Fsp3) is 0.333. The quantitative estimate of drug-likeness (QED) is 0.533. The number of hydrogen-bond donors (Lipinski definition) is 4. The van der Waals surface area contributed by atoms with Gasteiger partial charge in [-0.15, -0.1) is 12.4 Å². The van der Waals surface area contributed by atoms with E-state index in [4.69, 9.17) is 16.6 Å². The van der Waals surface area contributed by atoms with Gasteiger partial charge in [-0.3, -0.25) is 9.59 Å². The van der Waals surface area contributed by atoms with E-state index in [2.05, 4.69) is 5.32 Å². The Morgan fingerprint density at radius 2 is 1.84 bits per heavy atom. The van der Waals surface area contributed by atoms with Gasteiger partial charge in [0.15, 0.2) is 0 Å². The molecule has 0 saturated heterocycles. The molecule has 0 aromatic heterocycles. The van der Waals surface area contributed by atoms with Crippen LogP contribution in [0.25, 0.3) is 0 Å². The average Bonchev–Trinajstić information content (AvgIpc) is 2.37. The van der Waals surface area contributed by atoms with Crippen LogP contribution >= 0.6 is 12.4 Å². The van der Waals surface area contributed by atoms with Crippen LogP contribution < -0.4 is 16.8 Å². The molecule has 0 aliphatic rings. The number of carbonyl (C=O) groups excluding carboxylic acids is 2. The van der Waals surface area contributed by atoms with Crippen molar-refractivity contribution in [3.8, 4) is 0 Å². The molecule has 0 radical (unpaired) electrons. The van der Waals surface area contributed by atoms with E-state index in [1.165, 1.54) is 0 Å². The lowest BCUT2D eigenvalue weighted by molar-refractivity contribution is -0.128. The first-order chi connectivity index (χ1) is 8.54. The summed E-state index contributed by atoms with van der Waals surface area (Å²) in [6, 6.07) is 7.27. The van der Waals surface area contributed by atoms with Gasteiger partial charge in [0, 0.05) is 6.42 Å². The summed E-state index contributed by atoms with van der Waals surface area (Å²) in [6.45, 7) is -0.483. The van der Waals surface area contributed by atoms with E-state index in [0.29, 0.717) is 6.42 Å². The second kappa shape index (κ2) is 8.47. The van der Waals surface area contributed by atoms with Gasteiger partial charge >= 0.3 is 0 Å². The summed E-state index contributed by atoms with van der Waals surface area (Å²) < 4.78 is 0. The zero-order chi connectivity index (χ0) is 13.5. The minimum Gasteiger partial charge on any atom is -0.394 e. The van der Waals surface area contributed by atoms with Crippen molar-refractivity contribution >= 4 is 24.2 Å². The minimum atomic E-state index is -1.05. The molecule has 0 saturated carbocycles. The first kappa shape index (κ1) is 17.4. The molecule has 2 atom stereocenters. The molecule has 1 aromatic rings. The van der Waals surface area contributed by atoms with Gasteiger partial charge in [-0.1, -0.05) is 30.3 Å².